The van der Waals surface area contributed by atoms with Crippen LogP contribution in [0.5, 0.6) is 0 Å². The standard InChI is InChI=1S/C13H25N5O3/c1-10(14)13(2,12-8-16-9-17-12)11(15)6-4-3-5-7-21-18(19)20/h8-11H,3-7,14-15H2,1-2H3,(H,16,17). The van der Waals surface area contributed by atoms with Gasteiger partial charge in [-0.05, 0) is 19.8 Å². The first kappa shape index (κ1) is 17.4. The molecule has 0 radical (unpaired) electrons. The minimum atomic E-state index is -0.767. The highest BCUT2D eigenvalue weighted by Gasteiger charge is 2.38. The van der Waals surface area contributed by atoms with Gasteiger partial charge in [0.05, 0.1) is 18.6 Å². The van der Waals surface area contributed by atoms with Gasteiger partial charge in [0.2, 0.25) is 0 Å². The lowest BCUT2D eigenvalue weighted by atomic mass is 9.72. The Morgan fingerprint density at radius 2 is 2.19 bits per heavy atom. The number of aromatic amines is 1. The summed E-state index contributed by atoms with van der Waals surface area (Å²) >= 11 is 0. The van der Waals surface area contributed by atoms with Gasteiger partial charge in [0.1, 0.15) is 0 Å². The lowest BCUT2D eigenvalue weighted by Crippen LogP contribution is -2.54. The maximum Gasteiger partial charge on any atom is 0.294 e. The van der Waals surface area contributed by atoms with E-state index in [9.17, 15) is 10.1 Å². The summed E-state index contributed by atoms with van der Waals surface area (Å²) in [4.78, 5) is 21.5. The molecular formula is C13H25N5O3. The van der Waals surface area contributed by atoms with Gasteiger partial charge < -0.3 is 21.3 Å². The Morgan fingerprint density at radius 3 is 2.71 bits per heavy atom. The fourth-order valence-corrected chi connectivity index (χ4v) is 2.40. The van der Waals surface area contributed by atoms with Gasteiger partial charge in [-0.15, -0.1) is 10.1 Å². The highest BCUT2D eigenvalue weighted by molar-refractivity contribution is 5.19. The van der Waals surface area contributed by atoms with Gasteiger partial charge in [0, 0.05) is 23.7 Å². The Kier molecular flexibility index (Phi) is 6.57. The van der Waals surface area contributed by atoms with Crippen molar-refractivity contribution in [2.45, 2.75) is 57.0 Å². The van der Waals surface area contributed by atoms with Gasteiger partial charge in [-0.1, -0.05) is 19.8 Å². The van der Waals surface area contributed by atoms with Gasteiger partial charge in [-0.25, -0.2) is 4.98 Å². The van der Waals surface area contributed by atoms with Crippen LogP contribution in [0, 0.1) is 10.1 Å². The van der Waals surface area contributed by atoms with Crippen LogP contribution in [0.4, 0.5) is 0 Å². The molecule has 0 saturated heterocycles. The molecule has 0 aliphatic carbocycles. The zero-order chi connectivity index (χ0) is 15.9. The van der Waals surface area contributed by atoms with Gasteiger partial charge >= 0.3 is 0 Å². The summed E-state index contributed by atoms with van der Waals surface area (Å²) in [5.41, 5.74) is 12.9. The predicted octanol–water partition coefficient (Wildman–Crippen LogP) is 1.11. The third kappa shape index (κ3) is 4.68. The normalized spacial score (nSPS) is 17.0. The smallest absolute Gasteiger partial charge is 0.294 e. The zero-order valence-electron chi connectivity index (χ0n) is 12.6. The number of H-pyrrole nitrogens is 1. The van der Waals surface area contributed by atoms with Crippen molar-refractivity contribution in [2.75, 3.05) is 6.61 Å². The molecule has 1 aromatic heterocycles. The van der Waals surface area contributed by atoms with E-state index < -0.39 is 10.5 Å². The van der Waals surface area contributed by atoms with Gasteiger partial charge in [0.25, 0.3) is 5.09 Å². The van der Waals surface area contributed by atoms with Gasteiger partial charge in [-0.2, -0.15) is 0 Å². The summed E-state index contributed by atoms with van der Waals surface area (Å²) in [6, 6.07) is -0.258. The van der Waals surface area contributed by atoms with Crippen LogP contribution in [0.1, 0.15) is 45.2 Å². The van der Waals surface area contributed by atoms with Crippen LogP contribution in [0.3, 0.4) is 0 Å². The Bertz CT molecular complexity index is 423. The van der Waals surface area contributed by atoms with Gasteiger partial charge in [-0.3, -0.25) is 0 Å². The first-order chi connectivity index (χ1) is 9.89. The molecule has 21 heavy (non-hydrogen) atoms. The molecule has 1 heterocycles. The first-order valence-corrected chi connectivity index (χ1v) is 7.16. The summed E-state index contributed by atoms with van der Waals surface area (Å²) < 4.78 is 0. The van der Waals surface area contributed by atoms with Crippen molar-refractivity contribution in [3.05, 3.63) is 28.3 Å². The van der Waals surface area contributed by atoms with Crippen molar-refractivity contribution in [2.24, 2.45) is 11.5 Å². The van der Waals surface area contributed by atoms with Crippen LogP contribution < -0.4 is 11.5 Å². The highest BCUT2D eigenvalue weighted by atomic mass is 16.9. The molecule has 8 nitrogen and oxygen atoms in total. The molecular weight excluding hydrogens is 274 g/mol. The van der Waals surface area contributed by atoms with Crippen molar-refractivity contribution in [3.8, 4) is 0 Å². The molecule has 8 heteroatoms. The largest absolute Gasteiger partial charge is 0.351 e. The molecule has 5 N–H and O–H groups in total. The average Bonchev–Trinajstić information content (AvgIpc) is 2.95. The van der Waals surface area contributed by atoms with Crippen LogP contribution in [-0.4, -0.2) is 33.7 Å². The van der Waals surface area contributed by atoms with E-state index in [0.29, 0.717) is 6.42 Å². The number of nitrogens with one attached hydrogen (secondary N) is 1. The molecule has 120 valence electrons. The lowest BCUT2D eigenvalue weighted by Gasteiger charge is -2.37. The molecule has 0 bridgehead atoms. The zero-order valence-corrected chi connectivity index (χ0v) is 12.6. The molecule has 0 amide bonds. The lowest BCUT2D eigenvalue weighted by molar-refractivity contribution is -0.757. The number of aromatic nitrogens is 2. The van der Waals surface area contributed by atoms with Crippen molar-refractivity contribution in [1.82, 2.24) is 9.97 Å². The maximum atomic E-state index is 10.0. The molecule has 3 atom stereocenters. The minimum Gasteiger partial charge on any atom is -0.351 e. The number of rotatable bonds is 10. The van der Waals surface area contributed by atoms with Crippen LogP contribution in [0.15, 0.2) is 12.5 Å². The number of imidazole rings is 1. The van der Waals surface area contributed by atoms with Crippen LogP contribution in [0.2, 0.25) is 0 Å². The number of hydrogen-bond acceptors (Lipinski definition) is 6. The number of hydrogen-bond donors (Lipinski definition) is 3. The monoisotopic (exact) mass is 299 g/mol. The molecule has 0 aromatic carbocycles. The molecule has 3 unspecified atom stereocenters. The second-order valence-electron chi connectivity index (χ2n) is 5.54. The Morgan fingerprint density at radius 1 is 1.48 bits per heavy atom. The molecule has 1 rings (SSSR count). The van der Waals surface area contributed by atoms with Crippen LogP contribution in [-0.2, 0) is 10.3 Å². The molecule has 0 aliphatic heterocycles. The van der Waals surface area contributed by atoms with Gasteiger partial charge in [0.15, 0.2) is 0 Å². The SMILES string of the molecule is CC(N)C(C)(c1c[nH]cn1)C(N)CCCCCO[N+](=O)[O-]. The Hall–Kier alpha value is -1.67. The predicted molar refractivity (Wildman–Crippen MR) is 79.0 cm³/mol. The van der Waals surface area contributed by atoms with Crippen molar-refractivity contribution in [1.29, 1.82) is 0 Å². The molecule has 0 spiro atoms. The number of nitrogens with two attached hydrogens (primary N) is 2. The number of unbranched alkanes of at least 4 members (excludes halogenated alkanes) is 2. The summed E-state index contributed by atoms with van der Waals surface area (Å²) in [6.07, 6.45) is 6.58. The van der Waals surface area contributed by atoms with E-state index in [4.69, 9.17) is 11.5 Å². The maximum absolute atomic E-state index is 10.0. The van der Waals surface area contributed by atoms with E-state index in [1.807, 2.05) is 20.0 Å². The van der Waals surface area contributed by atoms with Crippen molar-refractivity contribution >= 4 is 0 Å². The van der Waals surface area contributed by atoms with E-state index in [2.05, 4.69) is 14.8 Å². The molecule has 0 saturated carbocycles. The topological polar surface area (TPSA) is 133 Å². The quantitative estimate of drug-likeness (QED) is 0.336. The minimum absolute atomic E-state index is 0.128. The van der Waals surface area contributed by atoms with E-state index in [-0.39, 0.29) is 18.7 Å². The second kappa shape index (κ2) is 7.94. The van der Waals surface area contributed by atoms with Crippen LogP contribution in [0.25, 0.3) is 0 Å². The van der Waals surface area contributed by atoms with E-state index >= 15 is 0 Å². The Balaban J connectivity index is 2.44. The molecule has 0 aliphatic rings. The Labute approximate surface area is 124 Å². The van der Waals surface area contributed by atoms with E-state index in [0.717, 1.165) is 25.0 Å². The second-order valence-corrected chi connectivity index (χ2v) is 5.54. The van der Waals surface area contributed by atoms with E-state index in [1.54, 1.807) is 6.33 Å². The average molecular weight is 299 g/mol. The van der Waals surface area contributed by atoms with Crippen molar-refractivity contribution < 1.29 is 9.92 Å². The fraction of sp³-hybridized carbons (Fsp3) is 0.769. The summed E-state index contributed by atoms with van der Waals surface area (Å²) in [5.74, 6) is 0. The van der Waals surface area contributed by atoms with Crippen molar-refractivity contribution in [3.63, 3.8) is 0 Å². The van der Waals surface area contributed by atoms with E-state index in [1.165, 1.54) is 0 Å². The van der Waals surface area contributed by atoms with Crippen LogP contribution >= 0.6 is 0 Å². The summed E-state index contributed by atoms with van der Waals surface area (Å²) in [5, 5.41) is 9.25. The number of nitrogens with zero attached hydrogens (tertiary/aromatic N) is 2. The molecule has 1 aromatic rings. The first-order valence-electron chi connectivity index (χ1n) is 7.16. The summed E-state index contributed by atoms with van der Waals surface area (Å²) in [6.45, 7) is 4.08. The third-order valence-corrected chi connectivity index (χ3v) is 4.12. The molecule has 0 fully saturated rings. The third-order valence-electron chi connectivity index (χ3n) is 4.12. The summed E-state index contributed by atoms with van der Waals surface area (Å²) in [7, 11) is 0. The highest BCUT2D eigenvalue weighted by Crippen LogP contribution is 2.30. The fourth-order valence-electron chi connectivity index (χ4n) is 2.40.